The van der Waals surface area contributed by atoms with Gasteiger partial charge in [-0.15, -0.1) is 0 Å². The van der Waals surface area contributed by atoms with E-state index in [9.17, 15) is 0 Å². The predicted octanol–water partition coefficient (Wildman–Crippen LogP) is 4.92. The van der Waals surface area contributed by atoms with E-state index in [4.69, 9.17) is 4.98 Å². The Kier molecular flexibility index (Phi) is 4.10. The van der Waals surface area contributed by atoms with E-state index in [1.165, 1.54) is 16.8 Å². The fraction of sp³-hybridized carbons (Fsp3) is 0.238. The Morgan fingerprint density at radius 2 is 1.84 bits per heavy atom. The van der Waals surface area contributed by atoms with Gasteiger partial charge >= 0.3 is 0 Å². The van der Waals surface area contributed by atoms with Crippen molar-refractivity contribution in [1.82, 2.24) is 9.97 Å². The number of fused-ring (bicyclic) bond motifs is 1. The summed E-state index contributed by atoms with van der Waals surface area (Å²) in [6.45, 7) is 5.02. The standard InChI is InChI=1S/C21H22N4/c1-15-7-5-10-18(13-15)24-20-14-21(23-16(2)22-20)25-12-6-9-17-8-3-4-11-19(17)25/h3-5,7-8,10-11,13-14H,6,9,12H2,1-2H3,(H,22,23,24). The van der Waals surface area contributed by atoms with Crippen LogP contribution in [-0.2, 0) is 6.42 Å². The van der Waals surface area contributed by atoms with E-state index in [0.717, 1.165) is 42.5 Å². The lowest BCUT2D eigenvalue weighted by Gasteiger charge is -2.30. The number of hydrogen-bond donors (Lipinski definition) is 1. The molecule has 2 aromatic carbocycles. The van der Waals surface area contributed by atoms with Crippen LogP contribution in [0, 0.1) is 13.8 Å². The van der Waals surface area contributed by atoms with Crippen LogP contribution in [0.5, 0.6) is 0 Å². The van der Waals surface area contributed by atoms with Gasteiger partial charge in [0.1, 0.15) is 17.5 Å². The largest absolute Gasteiger partial charge is 0.340 e. The van der Waals surface area contributed by atoms with Gasteiger partial charge in [0.25, 0.3) is 0 Å². The highest BCUT2D eigenvalue weighted by molar-refractivity contribution is 5.68. The first-order valence-electron chi connectivity index (χ1n) is 8.74. The molecule has 0 atom stereocenters. The summed E-state index contributed by atoms with van der Waals surface area (Å²) in [6.07, 6.45) is 2.27. The number of para-hydroxylation sites is 1. The van der Waals surface area contributed by atoms with Crippen LogP contribution >= 0.6 is 0 Å². The smallest absolute Gasteiger partial charge is 0.138 e. The molecule has 4 rings (SSSR count). The van der Waals surface area contributed by atoms with Gasteiger partial charge < -0.3 is 10.2 Å². The zero-order valence-electron chi connectivity index (χ0n) is 14.7. The highest BCUT2D eigenvalue weighted by atomic mass is 15.2. The minimum Gasteiger partial charge on any atom is -0.340 e. The van der Waals surface area contributed by atoms with Gasteiger partial charge in [-0.05, 0) is 56.0 Å². The molecule has 0 fully saturated rings. The maximum Gasteiger partial charge on any atom is 0.138 e. The van der Waals surface area contributed by atoms with Crippen LogP contribution in [0.3, 0.4) is 0 Å². The van der Waals surface area contributed by atoms with Gasteiger partial charge in [-0.2, -0.15) is 0 Å². The molecule has 0 radical (unpaired) electrons. The third-order valence-corrected chi connectivity index (χ3v) is 4.50. The summed E-state index contributed by atoms with van der Waals surface area (Å²) >= 11 is 0. The summed E-state index contributed by atoms with van der Waals surface area (Å²) in [5.74, 6) is 2.56. The number of rotatable bonds is 3. The van der Waals surface area contributed by atoms with Crippen molar-refractivity contribution in [2.45, 2.75) is 26.7 Å². The van der Waals surface area contributed by atoms with Gasteiger partial charge in [0.2, 0.25) is 0 Å². The normalized spacial score (nSPS) is 13.4. The van der Waals surface area contributed by atoms with Crippen LogP contribution in [0.15, 0.2) is 54.6 Å². The van der Waals surface area contributed by atoms with Crippen LogP contribution in [-0.4, -0.2) is 16.5 Å². The molecule has 0 unspecified atom stereocenters. The third-order valence-electron chi connectivity index (χ3n) is 4.50. The summed E-state index contributed by atoms with van der Waals surface area (Å²) in [6, 6.07) is 18.9. The van der Waals surface area contributed by atoms with Crippen molar-refractivity contribution in [1.29, 1.82) is 0 Å². The van der Waals surface area contributed by atoms with Crippen molar-refractivity contribution in [3.8, 4) is 0 Å². The van der Waals surface area contributed by atoms with Crippen LogP contribution in [0.4, 0.5) is 23.0 Å². The van der Waals surface area contributed by atoms with Crippen LogP contribution < -0.4 is 10.2 Å². The molecule has 0 spiro atoms. The minimum atomic E-state index is 0.774. The molecule has 1 aromatic heterocycles. The van der Waals surface area contributed by atoms with Gasteiger partial charge in [0, 0.05) is 24.0 Å². The van der Waals surface area contributed by atoms with E-state index in [0.29, 0.717) is 0 Å². The van der Waals surface area contributed by atoms with E-state index in [-0.39, 0.29) is 0 Å². The zero-order chi connectivity index (χ0) is 17.2. The summed E-state index contributed by atoms with van der Waals surface area (Å²) in [7, 11) is 0. The molecular formula is C21H22N4. The van der Waals surface area contributed by atoms with Crippen LogP contribution in [0.2, 0.25) is 0 Å². The fourth-order valence-corrected chi connectivity index (χ4v) is 3.40. The molecule has 25 heavy (non-hydrogen) atoms. The Morgan fingerprint density at radius 1 is 0.960 bits per heavy atom. The molecule has 0 aliphatic carbocycles. The minimum absolute atomic E-state index is 0.774. The molecule has 0 saturated carbocycles. The van der Waals surface area contributed by atoms with Gasteiger partial charge in [0.15, 0.2) is 0 Å². The first-order chi connectivity index (χ1) is 12.2. The number of aromatic nitrogens is 2. The lowest BCUT2D eigenvalue weighted by atomic mass is 10.0. The maximum atomic E-state index is 4.69. The topological polar surface area (TPSA) is 41.0 Å². The molecule has 126 valence electrons. The number of benzene rings is 2. The molecule has 4 heteroatoms. The van der Waals surface area contributed by atoms with Crippen LogP contribution in [0.25, 0.3) is 0 Å². The van der Waals surface area contributed by atoms with E-state index in [2.05, 4.69) is 64.6 Å². The summed E-state index contributed by atoms with van der Waals surface area (Å²) in [5.41, 5.74) is 4.91. The van der Waals surface area contributed by atoms with Crippen molar-refractivity contribution in [3.63, 3.8) is 0 Å². The van der Waals surface area contributed by atoms with Crippen molar-refractivity contribution < 1.29 is 0 Å². The first kappa shape index (κ1) is 15.6. The molecule has 2 heterocycles. The summed E-state index contributed by atoms with van der Waals surface area (Å²) in [4.78, 5) is 11.6. The second-order valence-electron chi connectivity index (χ2n) is 6.54. The Labute approximate surface area is 148 Å². The average Bonchev–Trinajstić information content (AvgIpc) is 2.61. The molecule has 0 amide bonds. The number of anilines is 4. The summed E-state index contributed by atoms with van der Waals surface area (Å²) < 4.78 is 0. The number of nitrogens with zero attached hydrogens (tertiary/aromatic N) is 3. The third kappa shape index (κ3) is 3.33. The molecule has 1 aliphatic heterocycles. The SMILES string of the molecule is Cc1cccc(Nc2cc(N3CCCc4ccccc43)nc(C)n2)c1. The Morgan fingerprint density at radius 3 is 2.72 bits per heavy atom. The average molecular weight is 330 g/mol. The summed E-state index contributed by atoms with van der Waals surface area (Å²) in [5, 5.41) is 3.41. The quantitative estimate of drug-likeness (QED) is 0.740. The van der Waals surface area contributed by atoms with E-state index >= 15 is 0 Å². The lowest BCUT2D eigenvalue weighted by Crippen LogP contribution is -2.25. The fourth-order valence-electron chi connectivity index (χ4n) is 3.40. The zero-order valence-corrected chi connectivity index (χ0v) is 14.7. The molecular weight excluding hydrogens is 308 g/mol. The molecule has 3 aromatic rings. The maximum absolute atomic E-state index is 4.69. The molecule has 1 aliphatic rings. The van der Waals surface area contributed by atoms with Crippen molar-refractivity contribution in [2.75, 3.05) is 16.8 Å². The van der Waals surface area contributed by atoms with Gasteiger partial charge in [-0.1, -0.05) is 30.3 Å². The number of hydrogen-bond acceptors (Lipinski definition) is 4. The van der Waals surface area contributed by atoms with Crippen molar-refractivity contribution in [2.24, 2.45) is 0 Å². The Hall–Kier alpha value is -2.88. The first-order valence-corrected chi connectivity index (χ1v) is 8.74. The predicted molar refractivity (Wildman–Crippen MR) is 103 cm³/mol. The van der Waals surface area contributed by atoms with Gasteiger partial charge in [-0.25, -0.2) is 9.97 Å². The lowest BCUT2D eigenvalue weighted by molar-refractivity contribution is 0.757. The van der Waals surface area contributed by atoms with Crippen molar-refractivity contribution >= 4 is 23.0 Å². The van der Waals surface area contributed by atoms with Gasteiger partial charge in [-0.3, -0.25) is 0 Å². The van der Waals surface area contributed by atoms with Crippen molar-refractivity contribution in [3.05, 3.63) is 71.5 Å². The van der Waals surface area contributed by atoms with E-state index < -0.39 is 0 Å². The number of nitrogens with one attached hydrogen (secondary N) is 1. The number of aryl methyl sites for hydroxylation is 3. The molecule has 0 saturated heterocycles. The highest BCUT2D eigenvalue weighted by Gasteiger charge is 2.19. The van der Waals surface area contributed by atoms with E-state index in [1.54, 1.807) is 0 Å². The van der Waals surface area contributed by atoms with Gasteiger partial charge in [0.05, 0.1) is 0 Å². The Balaban J connectivity index is 1.69. The monoisotopic (exact) mass is 330 g/mol. The molecule has 4 nitrogen and oxygen atoms in total. The Bertz CT molecular complexity index is 904. The second kappa shape index (κ2) is 6.55. The molecule has 0 bridgehead atoms. The van der Waals surface area contributed by atoms with Crippen LogP contribution in [0.1, 0.15) is 23.4 Å². The second-order valence-corrected chi connectivity index (χ2v) is 6.54. The van der Waals surface area contributed by atoms with E-state index in [1.807, 2.05) is 19.1 Å². The highest BCUT2D eigenvalue weighted by Crippen LogP contribution is 2.33. The molecule has 1 N–H and O–H groups in total.